The number of nitrogens with one attached hydrogen (secondary N) is 1. The molecule has 0 atom stereocenters. The van der Waals surface area contributed by atoms with Gasteiger partial charge in [0.1, 0.15) is 0 Å². The summed E-state index contributed by atoms with van der Waals surface area (Å²) in [6.45, 7) is 2.09. The van der Waals surface area contributed by atoms with Crippen LogP contribution in [-0.2, 0) is 12.8 Å². The molecular formula is C18H19N3. The molecule has 3 N–H and O–H groups in total. The van der Waals surface area contributed by atoms with Crippen molar-refractivity contribution in [3.63, 3.8) is 0 Å². The largest absolute Gasteiger partial charge is 0.382 e. The molecule has 106 valence electrons. The minimum Gasteiger partial charge on any atom is -0.382 e. The highest BCUT2D eigenvalue weighted by molar-refractivity contribution is 5.76. The molecule has 0 radical (unpaired) electrons. The van der Waals surface area contributed by atoms with Gasteiger partial charge in [-0.1, -0.05) is 60.2 Å². The second kappa shape index (κ2) is 5.83. The van der Waals surface area contributed by atoms with E-state index in [-0.39, 0.29) is 0 Å². The van der Waals surface area contributed by atoms with E-state index >= 15 is 0 Å². The van der Waals surface area contributed by atoms with Gasteiger partial charge in [-0.05, 0) is 30.9 Å². The van der Waals surface area contributed by atoms with E-state index in [0.29, 0.717) is 5.82 Å². The summed E-state index contributed by atoms with van der Waals surface area (Å²) in [5, 5.41) is 7.27. The topological polar surface area (TPSA) is 54.7 Å². The summed E-state index contributed by atoms with van der Waals surface area (Å²) in [5.41, 5.74) is 11.9. The Balaban J connectivity index is 1.87. The molecule has 0 bridgehead atoms. The third kappa shape index (κ3) is 2.97. The van der Waals surface area contributed by atoms with E-state index < -0.39 is 0 Å². The number of benzene rings is 2. The highest BCUT2D eigenvalue weighted by atomic mass is 15.2. The van der Waals surface area contributed by atoms with Gasteiger partial charge in [0.05, 0.1) is 0 Å². The minimum absolute atomic E-state index is 0.573. The lowest BCUT2D eigenvalue weighted by atomic mass is 9.99. The number of nitrogen functional groups attached to an aromatic ring is 1. The quantitative estimate of drug-likeness (QED) is 0.763. The van der Waals surface area contributed by atoms with Crippen LogP contribution in [0, 0.1) is 6.92 Å². The first-order chi connectivity index (χ1) is 10.2. The molecule has 0 saturated heterocycles. The van der Waals surface area contributed by atoms with Crippen LogP contribution in [0.15, 0.2) is 54.6 Å². The fraction of sp³-hybridized carbons (Fsp3) is 0.167. The molecule has 3 nitrogen and oxygen atoms in total. The lowest BCUT2D eigenvalue weighted by Crippen LogP contribution is -1.95. The lowest BCUT2D eigenvalue weighted by molar-refractivity contribution is 0.895. The maximum absolute atomic E-state index is 6.05. The average Bonchev–Trinajstić information content (AvgIpc) is 2.87. The van der Waals surface area contributed by atoms with Gasteiger partial charge in [0.25, 0.3) is 0 Å². The van der Waals surface area contributed by atoms with E-state index in [2.05, 4.69) is 65.7 Å². The van der Waals surface area contributed by atoms with Crippen LogP contribution in [0.1, 0.15) is 16.8 Å². The van der Waals surface area contributed by atoms with Crippen LogP contribution in [0.25, 0.3) is 11.1 Å². The highest BCUT2D eigenvalue weighted by Crippen LogP contribution is 2.29. The molecule has 2 aromatic carbocycles. The molecule has 1 heterocycles. The molecular weight excluding hydrogens is 258 g/mol. The summed E-state index contributed by atoms with van der Waals surface area (Å²) >= 11 is 0. The summed E-state index contributed by atoms with van der Waals surface area (Å²) in [5.74, 6) is 0.573. The van der Waals surface area contributed by atoms with Gasteiger partial charge >= 0.3 is 0 Å². The number of aromatic amines is 1. The Bertz CT molecular complexity index is 729. The van der Waals surface area contributed by atoms with E-state index in [0.717, 1.165) is 29.7 Å². The Morgan fingerprint density at radius 3 is 2.57 bits per heavy atom. The van der Waals surface area contributed by atoms with Gasteiger partial charge in [0, 0.05) is 11.3 Å². The molecule has 0 saturated carbocycles. The number of aromatic nitrogens is 2. The van der Waals surface area contributed by atoms with Crippen molar-refractivity contribution in [2.45, 2.75) is 19.8 Å². The van der Waals surface area contributed by atoms with E-state index in [1.165, 1.54) is 11.1 Å². The molecule has 0 unspecified atom stereocenters. The Labute approximate surface area is 124 Å². The number of H-pyrrole nitrogens is 1. The van der Waals surface area contributed by atoms with Crippen LogP contribution in [0.2, 0.25) is 0 Å². The van der Waals surface area contributed by atoms with E-state index in [1.807, 2.05) is 6.07 Å². The number of nitrogens with zero attached hydrogens (tertiary/aromatic N) is 1. The number of rotatable bonds is 4. The Morgan fingerprint density at radius 2 is 1.81 bits per heavy atom. The Kier molecular flexibility index (Phi) is 3.73. The Morgan fingerprint density at radius 1 is 1.00 bits per heavy atom. The highest BCUT2D eigenvalue weighted by Gasteiger charge is 2.13. The first kappa shape index (κ1) is 13.4. The molecule has 0 aliphatic rings. The van der Waals surface area contributed by atoms with Crippen molar-refractivity contribution >= 4 is 5.82 Å². The third-order valence-corrected chi connectivity index (χ3v) is 3.68. The normalized spacial score (nSPS) is 10.7. The van der Waals surface area contributed by atoms with Crippen LogP contribution in [-0.4, -0.2) is 10.2 Å². The molecule has 0 aliphatic heterocycles. The molecule has 21 heavy (non-hydrogen) atoms. The van der Waals surface area contributed by atoms with Gasteiger partial charge in [0.2, 0.25) is 0 Å². The van der Waals surface area contributed by atoms with Gasteiger partial charge in [-0.3, -0.25) is 5.10 Å². The van der Waals surface area contributed by atoms with E-state index in [4.69, 9.17) is 5.73 Å². The number of nitrogens with two attached hydrogens (primary N) is 1. The standard InChI is InChI=1S/C18H19N3/c1-13-6-5-9-15(12-13)17-16(20-21-18(17)19)11-10-14-7-3-2-4-8-14/h2-9,12H,10-11H2,1H3,(H3,19,20,21). The number of hydrogen-bond donors (Lipinski definition) is 2. The van der Waals surface area contributed by atoms with Crippen molar-refractivity contribution in [2.75, 3.05) is 5.73 Å². The predicted octanol–water partition coefficient (Wildman–Crippen LogP) is 3.75. The number of hydrogen-bond acceptors (Lipinski definition) is 2. The van der Waals surface area contributed by atoms with Crippen molar-refractivity contribution in [2.24, 2.45) is 0 Å². The zero-order chi connectivity index (χ0) is 14.7. The van der Waals surface area contributed by atoms with Crippen molar-refractivity contribution in [1.82, 2.24) is 10.2 Å². The van der Waals surface area contributed by atoms with Crippen molar-refractivity contribution in [3.8, 4) is 11.1 Å². The van der Waals surface area contributed by atoms with Gasteiger partial charge < -0.3 is 5.73 Å². The van der Waals surface area contributed by atoms with Gasteiger partial charge in [0.15, 0.2) is 5.82 Å². The zero-order valence-corrected chi connectivity index (χ0v) is 12.1. The van der Waals surface area contributed by atoms with Crippen molar-refractivity contribution in [3.05, 3.63) is 71.4 Å². The monoisotopic (exact) mass is 277 g/mol. The molecule has 3 heteroatoms. The van der Waals surface area contributed by atoms with Crippen LogP contribution >= 0.6 is 0 Å². The second-order valence-corrected chi connectivity index (χ2v) is 5.32. The SMILES string of the molecule is Cc1cccc(-c2c(N)n[nH]c2CCc2ccccc2)c1. The molecule has 0 aliphatic carbocycles. The molecule has 0 spiro atoms. The van der Waals surface area contributed by atoms with E-state index in [1.54, 1.807) is 0 Å². The van der Waals surface area contributed by atoms with Gasteiger partial charge in [-0.15, -0.1) is 0 Å². The maximum Gasteiger partial charge on any atom is 0.153 e. The summed E-state index contributed by atoms with van der Waals surface area (Å²) in [6, 6.07) is 18.8. The molecule has 0 amide bonds. The average molecular weight is 277 g/mol. The van der Waals surface area contributed by atoms with Crippen molar-refractivity contribution < 1.29 is 0 Å². The summed E-state index contributed by atoms with van der Waals surface area (Å²) < 4.78 is 0. The molecule has 3 rings (SSSR count). The summed E-state index contributed by atoms with van der Waals surface area (Å²) in [7, 11) is 0. The number of anilines is 1. The van der Waals surface area contributed by atoms with Crippen molar-refractivity contribution in [1.29, 1.82) is 0 Å². The summed E-state index contributed by atoms with van der Waals surface area (Å²) in [4.78, 5) is 0. The van der Waals surface area contributed by atoms with Gasteiger partial charge in [-0.25, -0.2) is 0 Å². The Hall–Kier alpha value is -2.55. The summed E-state index contributed by atoms with van der Waals surface area (Å²) in [6.07, 6.45) is 1.87. The van der Waals surface area contributed by atoms with Gasteiger partial charge in [-0.2, -0.15) is 5.10 Å². The predicted molar refractivity (Wildman–Crippen MR) is 87.0 cm³/mol. The zero-order valence-electron chi connectivity index (χ0n) is 12.1. The first-order valence-electron chi connectivity index (χ1n) is 7.18. The smallest absolute Gasteiger partial charge is 0.153 e. The van der Waals surface area contributed by atoms with Crippen LogP contribution < -0.4 is 5.73 Å². The third-order valence-electron chi connectivity index (χ3n) is 3.68. The second-order valence-electron chi connectivity index (χ2n) is 5.32. The fourth-order valence-corrected chi connectivity index (χ4v) is 2.61. The minimum atomic E-state index is 0.573. The molecule has 1 aromatic heterocycles. The van der Waals surface area contributed by atoms with E-state index in [9.17, 15) is 0 Å². The molecule has 3 aromatic rings. The van der Waals surface area contributed by atoms with Crippen LogP contribution in [0.4, 0.5) is 5.82 Å². The first-order valence-corrected chi connectivity index (χ1v) is 7.18. The fourth-order valence-electron chi connectivity index (χ4n) is 2.61. The van der Waals surface area contributed by atoms with Crippen LogP contribution in [0.3, 0.4) is 0 Å². The maximum atomic E-state index is 6.05. The lowest BCUT2D eigenvalue weighted by Gasteiger charge is -2.06. The molecule has 0 fully saturated rings. The van der Waals surface area contributed by atoms with Crippen LogP contribution in [0.5, 0.6) is 0 Å². The number of aryl methyl sites for hydroxylation is 3.